The first-order chi connectivity index (χ1) is 2.00. The van der Waals surface area contributed by atoms with E-state index in [1.54, 1.807) is 0 Å². The maximum absolute atomic E-state index is 8.74. The molecular weight excluding hydrogens is 145 g/mol. The summed E-state index contributed by atoms with van der Waals surface area (Å²) in [6.45, 7) is 0. The van der Waals surface area contributed by atoms with Crippen molar-refractivity contribution >= 4 is 56.5 Å². The van der Waals surface area contributed by atoms with Crippen molar-refractivity contribution in [2.24, 2.45) is 0 Å². The molecule has 0 saturated heterocycles. The van der Waals surface area contributed by atoms with Crippen LogP contribution < -0.4 is 0 Å². The average molecular weight is 147 g/mol. The van der Waals surface area contributed by atoms with Gasteiger partial charge in [0.15, 0.2) is 0 Å². The van der Waals surface area contributed by atoms with Crippen LogP contribution in [-0.4, -0.2) is 63.6 Å². The van der Waals surface area contributed by atoms with E-state index in [1.165, 1.54) is 0 Å². The smallest absolute Gasteiger partial charge is 0.264 e. The molecule has 0 aromatic rings. The van der Waals surface area contributed by atoms with Crippen molar-refractivity contribution in [2.45, 2.75) is 0 Å². The van der Waals surface area contributed by atoms with Crippen LogP contribution in [0.5, 0.6) is 0 Å². The number of hydrogen-bond donors (Lipinski definition) is 2. The van der Waals surface area contributed by atoms with Crippen LogP contribution in [0.4, 0.5) is 0 Å². The molecule has 0 aromatic heterocycles. The predicted octanol–water partition coefficient (Wildman–Crippen LogP) is -1.41. The van der Waals surface area contributed by atoms with Gasteiger partial charge in [0, 0.05) is 46.1 Å². The topological polar surface area (TPSA) is 74.6 Å². The summed E-state index contributed by atoms with van der Waals surface area (Å²) >= 11 is 0. The fourth-order valence-corrected chi connectivity index (χ4v) is 0. The Bertz CT molecular complexity index is 92.9. The summed E-state index contributed by atoms with van der Waals surface area (Å²) in [6.07, 6.45) is 0. The van der Waals surface area contributed by atoms with Crippen LogP contribution in [0, 0.1) is 0 Å². The van der Waals surface area contributed by atoms with Gasteiger partial charge < -0.3 is 0 Å². The summed E-state index contributed by atoms with van der Waals surface area (Å²) in [7, 11) is -4.67. The van der Waals surface area contributed by atoms with Gasteiger partial charge in [-0.2, -0.15) is 8.42 Å². The standard InChI is InChI=1S/2Mg.H2O4S/c;;1-5(2,3)4/h;;(H2,1,2,3,4). The highest BCUT2D eigenvalue weighted by Gasteiger charge is 1.84. The molecule has 7 heavy (non-hydrogen) atoms. The molecule has 7 heteroatoms. The van der Waals surface area contributed by atoms with Crippen molar-refractivity contribution in [3.63, 3.8) is 0 Å². The van der Waals surface area contributed by atoms with E-state index in [0.29, 0.717) is 0 Å². The van der Waals surface area contributed by atoms with Gasteiger partial charge in [-0.15, -0.1) is 0 Å². The van der Waals surface area contributed by atoms with E-state index >= 15 is 0 Å². The van der Waals surface area contributed by atoms with Crippen molar-refractivity contribution < 1.29 is 17.5 Å². The van der Waals surface area contributed by atoms with Crippen molar-refractivity contribution in [3.05, 3.63) is 0 Å². The Morgan fingerprint density at radius 1 is 1.00 bits per heavy atom. The van der Waals surface area contributed by atoms with E-state index in [4.69, 9.17) is 17.5 Å². The molecular formula is H2Mg2O4S. The summed E-state index contributed by atoms with van der Waals surface area (Å²) in [5.41, 5.74) is 0. The Morgan fingerprint density at radius 2 is 1.00 bits per heavy atom. The van der Waals surface area contributed by atoms with Gasteiger partial charge in [-0.05, 0) is 0 Å². The molecule has 4 radical (unpaired) electrons. The fourth-order valence-electron chi connectivity index (χ4n) is 0. The first kappa shape index (κ1) is 15.8. The molecule has 0 aliphatic heterocycles. The van der Waals surface area contributed by atoms with Crippen LogP contribution >= 0.6 is 0 Å². The minimum absolute atomic E-state index is 0. The van der Waals surface area contributed by atoms with Crippen LogP contribution in [0.2, 0.25) is 0 Å². The molecule has 0 saturated carbocycles. The first-order valence-corrected chi connectivity index (χ1v) is 2.10. The molecule has 0 unspecified atom stereocenters. The van der Waals surface area contributed by atoms with Gasteiger partial charge >= 0.3 is 10.4 Å². The second-order valence-electron chi connectivity index (χ2n) is 0.448. The zero-order chi connectivity index (χ0) is 4.50. The molecule has 0 aromatic carbocycles. The Hall–Kier alpha value is 1.40. The quantitative estimate of drug-likeness (QED) is 0.325. The maximum Gasteiger partial charge on any atom is 0.394 e. The van der Waals surface area contributed by atoms with Crippen molar-refractivity contribution in [1.82, 2.24) is 0 Å². The average Bonchev–Trinajstić information content (AvgIpc) is 0.722. The zero-order valence-electron chi connectivity index (χ0n) is 3.53. The maximum atomic E-state index is 8.74. The van der Waals surface area contributed by atoms with Gasteiger partial charge in [-0.1, -0.05) is 0 Å². The second-order valence-corrected chi connectivity index (χ2v) is 1.34. The van der Waals surface area contributed by atoms with E-state index in [-0.39, 0.29) is 46.1 Å². The van der Waals surface area contributed by atoms with Crippen molar-refractivity contribution in [1.29, 1.82) is 0 Å². The largest absolute Gasteiger partial charge is 0.394 e. The normalized spacial score (nSPS) is 8.29. The summed E-state index contributed by atoms with van der Waals surface area (Å²) in [5, 5.41) is 0. The predicted molar refractivity (Wildman–Crippen MR) is 25.7 cm³/mol. The molecule has 0 heterocycles. The highest BCUT2D eigenvalue weighted by molar-refractivity contribution is 7.79. The number of rotatable bonds is 0. The minimum Gasteiger partial charge on any atom is -0.264 e. The van der Waals surface area contributed by atoms with Crippen LogP contribution in [0.25, 0.3) is 0 Å². The van der Waals surface area contributed by atoms with Crippen LogP contribution in [0.3, 0.4) is 0 Å². The van der Waals surface area contributed by atoms with Gasteiger partial charge in [-0.25, -0.2) is 0 Å². The molecule has 0 aliphatic rings. The summed E-state index contributed by atoms with van der Waals surface area (Å²) < 4.78 is 31.6. The number of hydrogen-bond acceptors (Lipinski definition) is 2. The molecule has 0 rings (SSSR count). The van der Waals surface area contributed by atoms with Gasteiger partial charge in [0.2, 0.25) is 0 Å². The van der Waals surface area contributed by atoms with Crippen LogP contribution in [0.15, 0.2) is 0 Å². The van der Waals surface area contributed by atoms with Crippen molar-refractivity contribution in [3.8, 4) is 0 Å². The molecule has 0 spiro atoms. The third-order valence-corrected chi connectivity index (χ3v) is 0. The van der Waals surface area contributed by atoms with E-state index in [0.717, 1.165) is 0 Å². The van der Waals surface area contributed by atoms with E-state index in [2.05, 4.69) is 0 Å². The van der Waals surface area contributed by atoms with Gasteiger partial charge in [-0.3, -0.25) is 9.11 Å². The Kier molecular flexibility index (Phi) is 12.5. The fraction of sp³-hybridized carbons (Fsp3) is 0. The summed E-state index contributed by atoms with van der Waals surface area (Å²) in [6, 6.07) is 0. The van der Waals surface area contributed by atoms with E-state index < -0.39 is 10.4 Å². The van der Waals surface area contributed by atoms with E-state index in [9.17, 15) is 0 Å². The lowest BCUT2D eigenvalue weighted by molar-refractivity contribution is 0.381. The molecule has 0 bridgehead atoms. The molecule has 4 nitrogen and oxygen atoms in total. The zero-order valence-corrected chi connectivity index (χ0v) is 7.18. The lowest BCUT2D eigenvalue weighted by Gasteiger charge is -1.68. The SMILES string of the molecule is O=S(=O)(O)O.[Mg].[Mg]. The lowest BCUT2D eigenvalue weighted by atomic mass is 15.8. The molecule has 0 fully saturated rings. The highest BCUT2D eigenvalue weighted by atomic mass is 32.3. The Balaban J connectivity index is -0.0000000800. The third kappa shape index (κ3) is 110. The molecule has 0 aliphatic carbocycles. The molecule has 2 N–H and O–H groups in total. The Morgan fingerprint density at radius 3 is 1.00 bits per heavy atom. The highest BCUT2D eigenvalue weighted by Crippen LogP contribution is 1.59. The van der Waals surface area contributed by atoms with Crippen LogP contribution in [0.1, 0.15) is 0 Å². The Labute approximate surface area is 73.5 Å². The van der Waals surface area contributed by atoms with Crippen molar-refractivity contribution in [2.75, 3.05) is 0 Å². The van der Waals surface area contributed by atoms with Gasteiger partial charge in [0.25, 0.3) is 0 Å². The molecule has 0 amide bonds. The van der Waals surface area contributed by atoms with Gasteiger partial charge in [0.1, 0.15) is 0 Å². The minimum atomic E-state index is -4.67. The molecule has 36 valence electrons. The third-order valence-electron chi connectivity index (χ3n) is 0. The van der Waals surface area contributed by atoms with E-state index in [1.807, 2.05) is 0 Å². The van der Waals surface area contributed by atoms with Gasteiger partial charge in [0.05, 0.1) is 0 Å². The second kappa shape index (κ2) is 5.54. The van der Waals surface area contributed by atoms with Crippen LogP contribution in [-0.2, 0) is 10.4 Å². The first-order valence-electron chi connectivity index (χ1n) is 0.698. The summed E-state index contributed by atoms with van der Waals surface area (Å²) in [5.74, 6) is 0. The summed E-state index contributed by atoms with van der Waals surface area (Å²) in [4.78, 5) is 0. The molecule has 0 atom stereocenters. The lowest BCUT2D eigenvalue weighted by Crippen LogP contribution is -1.89. The monoisotopic (exact) mass is 146 g/mol.